The lowest BCUT2D eigenvalue weighted by Gasteiger charge is -2.22. The number of urea groups is 1. The molecule has 0 spiro atoms. The van der Waals surface area contributed by atoms with Crippen LogP contribution in [-0.2, 0) is 9.59 Å². The van der Waals surface area contributed by atoms with E-state index in [2.05, 4.69) is 5.32 Å². The zero-order valence-electron chi connectivity index (χ0n) is 10.8. The molecule has 0 aromatic rings. The molecule has 0 radical (unpaired) electrons. The number of carboxylic acids is 1. The number of carbonyl (C=O) groups excluding carboxylic acids is 2. The summed E-state index contributed by atoms with van der Waals surface area (Å²) in [6, 6.07) is -1.72. The Bertz CT molecular complexity index is 383. The molecule has 1 unspecified atom stereocenters. The standard InChI is InChI=1S/C11H19N3O5/c1-11(19)4-5-14(6-11)10(18)13-7(9(16)17)2-3-8(12)15/h7,19H,2-6H2,1H3,(H2,12,15)(H,13,18)(H,16,17)/t7-,11?/m1/s1. The van der Waals surface area contributed by atoms with E-state index in [4.69, 9.17) is 10.8 Å². The van der Waals surface area contributed by atoms with Crippen molar-refractivity contribution < 1.29 is 24.6 Å². The van der Waals surface area contributed by atoms with Gasteiger partial charge >= 0.3 is 12.0 Å². The highest BCUT2D eigenvalue weighted by Gasteiger charge is 2.35. The highest BCUT2D eigenvalue weighted by molar-refractivity contribution is 5.83. The van der Waals surface area contributed by atoms with Crippen molar-refractivity contribution in [2.75, 3.05) is 13.1 Å². The number of amides is 3. The molecular weight excluding hydrogens is 254 g/mol. The molecule has 1 heterocycles. The van der Waals surface area contributed by atoms with Crippen molar-refractivity contribution in [3.63, 3.8) is 0 Å². The molecule has 108 valence electrons. The van der Waals surface area contributed by atoms with Gasteiger partial charge in [0.25, 0.3) is 0 Å². The number of rotatable bonds is 5. The van der Waals surface area contributed by atoms with E-state index in [1.807, 2.05) is 0 Å². The van der Waals surface area contributed by atoms with E-state index >= 15 is 0 Å². The number of aliphatic hydroxyl groups is 1. The Morgan fingerprint density at radius 2 is 2.11 bits per heavy atom. The second-order valence-electron chi connectivity index (χ2n) is 5.01. The largest absolute Gasteiger partial charge is 0.480 e. The number of hydrogen-bond acceptors (Lipinski definition) is 4. The van der Waals surface area contributed by atoms with Crippen molar-refractivity contribution in [2.45, 2.75) is 37.8 Å². The summed E-state index contributed by atoms with van der Waals surface area (Å²) in [5.74, 6) is -1.84. The summed E-state index contributed by atoms with van der Waals surface area (Å²) < 4.78 is 0. The van der Waals surface area contributed by atoms with Gasteiger partial charge in [0.05, 0.1) is 12.1 Å². The molecule has 1 aliphatic heterocycles. The third-order valence-electron chi connectivity index (χ3n) is 3.01. The predicted octanol–water partition coefficient (Wildman–Crippen LogP) is -1.13. The molecule has 1 rings (SSSR count). The Morgan fingerprint density at radius 1 is 1.47 bits per heavy atom. The Kier molecular flexibility index (Phi) is 4.71. The van der Waals surface area contributed by atoms with Gasteiger partial charge in [0.1, 0.15) is 6.04 Å². The van der Waals surface area contributed by atoms with Crippen LogP contribution in [-0.4, -0.2) is 57.8 Å². The fraction of sp³-hybridized carbons (Fsp3) is 0.727. The van der Waals surface area contributed by atoms with Crippen molar-refractivity contribution in [3.05, 3.63) is 0 Å². The van der Waals surface area contributed by atoms with Crippen LogP contribution in [0.2, 0.25) is 0 Å². The maximum Gasteiger partial charge on any atom is 0.326 e. The SMILES string of the molecule is CC1(O)CCN(C(=O)N[C@H](CCC(N)=O)C(=O)O)C1. The number of carbonyl (C=O) groups is 3. The first-order valence-electron chi connectivity index (χ1n) is 6.00. The first-order valence-corrected chi connectivity index (χ1v) is 6.00. The number of nitrogens with one attached hydrogen (secondary N) is 1. The first kappa shape index (κ1) is 15.2. The topological polar surface area (TPSA) is 133 Å². The van der Waals surface area contributed by atoms with Crippen LogP contribution in [0.25, 0.3) is 0 Å². The molecule has 0 aromatic carbocycles. The summed E-state index contributed by atoms with van der Waals surface area (Å²) in [4.78, 5) is 34.7. The molecule has 1 aliphatic rings. The van der Waals surface area contributed by atoms with Crippen molar-refractivity contribution in [1.29, 1.82) is 0 Å². The second kappa shape index (κ2) is 5.87. The second-order valence-corrected chi connectivity index (χ2v) is 5.01. The Balaban J connectivity index is 2.52. The minimum Gasteiger partial charge on any atom is -0.480 e. The number of aliphatic carboxylic acids is 1. The summed E-state index contributed by atoms with van der Waals surface area (Å²) >= 11 is 0. The lowest BCUT2D eigenvalue weighted by atomic mass is 10.1. The van der Waals surface area contributed by atoms with Gasteiger partial charge in [-0.05, 0) is 19.8 Å². The molecule has 2 atom stereocenters. The van der Waals surface area contributed by atoms with Gasteiger partial charge in [-0.2, -0.15) is 0 Å². The molecule has 3 amide bonds. The van der Waals surface area contributed by atoms with E-state index in [1.54, 1.807) is 6.92 Å². The third-order valence-corrected chi connectivity index (χ3v) is 3.01. The molecule has 0 saturated carbocycles. The minimum atomic E-state index is -1.22. The highest BCUT2D eigenvalue weighted by Crippen LogP contribution is 2.20. The van der Waals surface area contributed by atoms with E-state index in [9.17, 15) is 19.5 Å². The van der Waals surface area contributed by atoms with Gasteiger partial charge in [-0.25, -0.2) is 9.59 Å². The lowest BCUT2D eigenvalue weighted by molar-refractivity contribution is -0.139. The van der Waals surface area contributed by atoms with Gasteiger partial charge in [0.15, 0.2) is 0 Å². The number of nitrogens with two attached hydrogens (primary N) is 1. The number of nitrogens with zero attached hydrogens (tertiary/aromatic N) is 1. The summed E-state index contributed by atoms with van der Waals surface area (Å²) in [6.45, 7) is 2.13. The van der Waals surface area contributed by atoms with Crippen LogP contribution in [0.5, 0.6) is 0 Å². The monoisotopic (exact) mass is 273 g/mol. The zero-order chi connectivity index (χ0) is 14.6. The minimum absolute atomic E-state index is 0.0549. The molecule has 0 bridgehead atoms. The van der Waals surface area contributed by atoms with Crippen LogP contribution in [0, 0.1) is 0 Å². The van der Waals surface area contributed by atoms with E-state index in [-0.39, 0.29) is 19.4 Å². The van der Waals surface area contributed by atoms with Gasteiger partial charge in [-0.1, -0.05) is 0 Å². The summed E-state index contributed by atoms with van der Waals surface area (Å²) in [6.07, 6.45) is 0.273. The Morgan fingerprint density at radius 3 is 2.53 bits per heavy atom. The van der Waals surface area contributed by atoms with Crippen LogP contribution < -0.4 is 11.1 Å². The van der Waals surface area contributed by atoms with Crippen molar-refractivity contribution in [2.24, 2.45) is 5.73 Å². The first-order chi connectivity index (χ1) is 8.71. The number of hydrogen-bond donors (Lipinski definition) is 4. The molecule has 19 heavy (non-hydrogen) atoms. The maximum atomic E-state index is 11.8. The molecule has 5 N–H and O–H groups in total. The molecular formula is C11H19N3O5. The van der Waals surface area contributed by atoms with Gasteiger partial charge in [0, 0.05) is 13.0 Å². The number of likely N-dealkylation sites (tertiary alicyclic amines) is 1. The molecule has 1 fully saturated rings. The predicted molar refractivity (Wildman–Crippen MR) is 65.2 cm³/mol. The van der Waals surface area contributed by atoms with Gasteiger partial charge in [-0.15, -0.1) is 0 Å². The van der Waals surface area contributed by atoms with E-state index in [1.165, 1.54) is 4.90 Å². The molecule has 1 saturated heterocycles. The molecule has 0 aromatic heterocycles. The molecule has 8 heteroatoms. The Labute approximate surface area is 110 Å². The molecule has 8 nitrogen and oxygen atoms in total. The van der Waals surface area contributed by atoms with Gasteiger partial charge < -0.3 is 26.2 Å². The van der Waals surface area contributed by atoms with Crippen molar-refractivity contribution in [3.8, 4) is 0 Å². The van der Waals surface area contributed by atoms with E-state index < -0.39 is 29.6 Å². The zero-order valence-corrected chi connectivity index (χ0v) is 10.8. The van der Waals surface area contributed by atoms with Crippen molar-refractivity contribution >= 4 is 17.9 Å². The fourth-order valence-electron chi connectivity index (χ4n) is 1.90. The fourth-order valence-corrected chi connectivity index (χ4v) is 1.90. The average molecular weight is 273 g/mol. The van der Waals surface area contributed by atoms with Crippen LogP contribution >= 0.6 is 0 Å². The van der Waals surface area contributed by atoms with Gasteiger partial charge in [-0.3, -0.25) is 4.79 Å². The number of primary amides is 1. The smallest absolute Gasteiger partial charge is 0.326 e. The Hall–Kier alpha value is -1.83. The van der Waals surface area contributed by atoms with Crippen LogP contribution in [0.1, 0.15) is 26.2 Å². The summed E-state index contributed by atoms with van der Waals surface area (Å²) in [7, 11) is 0. The van der Waals surface area contributed by atoms with E-state index in [0.717, 1.165) is 0 Å². The number of carboxylic acid groups (broad SMARTS) is 1. The maximum absolute atomic E-state index is 11.8. The summed E-state index contributed by atoms with van der Waals surface area (Å²) in [5, 5.41) is 21.0. The molecule has 0 aliphatic carbocycles. The number of β-amino-alcohol motifs (C(OH)–C–C–N with tert-alkyl or cyclic N) is 1. The van der Waals surface area contributed by atoms with Crippen LogP contribution in [0.15, 0.2) is 0 Å². The normalized spacial score (nSPS) is 24.0. The van der Waals surface area contributed by atoms with Crippen molar-refractivity contribution in [1.82, 2.24) is 10.2 Å². The lowest BCUT2D eigenvalue weighted by Crippen LogP contribution is -2.48. The van der Waals surface area contributed by atoms with Crippen LogP contribution in [0.3, 0.4) is 0 Å². The average Bonchev–Trinajstić information content (AvgIpc) is 2.64. The quantitative estimate of drug-likeness (QED) is 0.503. The van der Waals surface area contributed by atoms with Gasteiger partial charge in [0.2, 0.25) is 5.91 Å². The van der Waals surface area contributed by atoms with E-state index in [0.29, 0.717) is 13.0 Å². The third kappa shape index (κ3) is 4.74. The highest BCUT2D eigenvalue weighted by atomic mass is 16.4. The van der Waals surface area contributed by atoms with Crippen LogP contribution in [0.4, 0.5) is 4.79 Å². The summed E-state index contributed by atoms with van der Waals surface area (Å²) in [5.41, 5.74) is 4.00.